The highest BCUT2D eigenvalue weighted by Gasteiger charge is 2.27. The molecule has 4 heterocycles. The SMILES string of the molecule is CC(=O)c1c(C)c2cnc(Nc3ccc(CN4CCN(C(=O)OC(C)(C)C)CC4)cn3)nc2n(C2CCCC2)c1=O. The van der Waals surface area contributed by atoms with E-state index in [2.05, 4.69) is 20.2 Å². The van der Waals surface area contributed by atoms with Gasteiger partial charge in [-0.05, 0) is 64.7 Å². The summed E-state index contributed by atoms with van der Waals surface area (Å²) in [6, 6.07) is 3.91. The summed E-state index contributed by atoms with van der Waals surface area (Å²) in [5.41, 5.74) is 1.67. The van der Waals surface area contributed by atoms with Crippen molar-refractivity contribution in [1.82, 2.24) is 29.3 Å². The lowest BCUT2D eigenvalue weighted by Gasteiger charge is -2.35. The second-order valence-corrected chi connectivity index (χ2v) is 12.0. The van der Waals surface area contributed by atoms with E-state index in [1.807, 2.05) is 39.1 Å². The number of nitrogens with one attached hydrogen (secondary N) is 1. The largest absolute Gasteiger partial charge is 0.444 e. The van der Waals surface area contributed by atoms with Crippen molar-refractivity contribution in [2.75, 3.05) is 31.5 Å². The number of fused-ring (bicyclic) bond motifs is 1. The lowest BCUT2D eigenvalue weighted by molar-refractivity contribution is 0.0139. The summed E-state index contributed by atoms with van der Waals surface area (Å²) in [6.45, 7) is 12.3. The van der Waals surface area contributed by atoms with E-state index in [0.717, 1.165) is 50.9 Å². The third kappa shape index (κ3) is 6.40. The summed E-state index contributed by atoms with van der Waals surface area (Å²) < 4.78 is 7.19. The maximum atomic E-state index is 13.4. The van der Waals surface area contributed by atoms with Crippen molar-refractivity contribution in [1.29, 1.82) is 0 Å². The fourth-order valence-corrected chi connectivity index (χ4v) is 5.69. The molecule has 2 aliphatic rings. The molecule has 41 heavy (non-hydrogen) atoms. The highest BCUT2D eigenvalue weighted by molar-refractivity contribution is 5.99. The van der Waals surface area contributed by atoms with Gasteiger partial charge in [0.2, 0.25) is 5.95 Å². The van der Waals surface area contributed by atoms with Crippen molar-refractivity contribution in [3.63, 3.8) is 0 Å². The van der Waals surface area contributed by atoms with Crippen LogP contribution in [0, 0.1) is 6.92 Å². The van der Waals surface area contributed by atoms with Crippen molar-refractivity contribution >= 4 is 34.7 Å². The Labute approximate surface area is 239 Å². The molecule has 1 saturated heterocycles. The second-order valence-electron chi connectivity index (χ2n) is 12.0. The minimum atomic E-state index is -0.498. The minimum Gasteiger partial charge on any atom is -0.444 e. The molecule has 3 aromatic heterocycles. The van der Waals surface area contributed by atoms with E-state index in [1.54, 1.807) is 22.6 Å². The number of amides is 1. The fraction of sp³-hybridized carbons (Fsp3) is 0.533. The van der Waals surface area contributed by atoms with Crippen LogP contribution in [0.4, 0.5) is 16.6 Å². The zero-order chi connectivity index (χ0) is 29.3. The van der Waals surface area contributed by atoms with Crippen LogP contribution < -0.4 is 10.9 Å². The number of aryl methyl sites for hydroxylation is 1. The number of anilines is 2. The van der Waals surface area contributed by atoms with Gasteiger partial charge in [0.05, 0.1) is 5.56 Å². The molecule has 1 amide bonds. The number of pyridine rings is 2. The molecule has 3 aromatic rings. The van der Waals surface area contributed by atoms with Crippen LogP contribution in [0.25, 0.3) is 11.0 Å². The van der Waals surface area contributed by atoms with E-state index >= 15 is 0 Å². The van der Waals surface area contributed by atoms with Crippen LogP contribution in [0.2, 0.25) is 0 Å². The predicted octanol–water partition coefficient (Wildman–Crippen LogP) is 4.61. The van der Waals surface area contributed by atoms with Crippen LogP contribution in [-0.2, 0) is 11.3 Å². The second kappa shape index (κ2) is 11.6. The van der Waals surface area contributed by atoms with Crippen LogP contribution in [0.15, 0.2) is 29.3 Å². The molecular formula is C30H39N7O4. The fourth-order valence-electron chi connectivity index (χ4n) is 5.69. The summed E-state index contributed by atoms with van der Waals surface area (Å²) in [4.78, 5) is 55.9. The average molecular weight is 562 g/mol. The van der Waals surface area contributed by atoms with E-state index < -0.39 is 5.60 Å². The lowest BCUT2D eigenvalue weighted by atomic mass is 10.0. The lowest BCUT2D eigenvalue weighted by Crippen LogP contribution is -2.49. The quantitative estimate of drug-likeness (QED) is 0.430. The molecule has 1 N–H and O–H groups in total. The number of hydrogen-bond donors (Lipinski definition) is 1. The van der Waals surface area contributed by atoms with Gasteiger partial charge in [0.25, 0.3) is 5.56 Å². The first-order chi connectivity index (χ1) is 19.5. The number of carbonyl (C=O) groups is 2. The van der Waals surface area contributed by atoms with Gasteiger partial charge in [0.15, 0.2) is 5.78 Å². The van der Waals surface area contributed by atoms with Crippen molar-refractivity contribution in [2.24, 2.45) is 0 Å². The van der Waals surface area contributed by atoms with Crippen molar-refractivity contribution in [2.45, 2.75) is 78.5 Å². The zero-order valence-electron chi connectivity index (χ0n) is 24.6. The molecule has 0 radical (unpaired) electrons. The number of aromatic nitrogens is 4. The van der Waals surface area contributed by atoms with Gasteiger partial charge >= 0.3 is 6.09 Å². The Balaban J connectivity index is 1.28. The van der Waals surface area contributed by atoms with Gasteiger partial charge in [-0.2, -0.15) is 4.98 Å². The number of ketones is 1. The topological polar surface area (TPSA) is 123 Å². The van der Waals surface area contributed by atoms with Crippen LogP contribution in [-0.4, -0.2) is 73.0 Å². The molecule has 1 aliphatic carbocycles. The number of nitrogens with zero attached hydrogens (tertiary/aromatic N) is 6. The zero-order valence-corrected chi connectivity index (χ0v) is 24.6. The summed E-state index contributed by atoms with van der Waals surface area (Å²) in [7, 11) is 0. The highest BCUT2D eigenvalue weighted by atomic mass is 16.6. The Morgan fingerprint density at radius 3 is 2.37 bits per heavy atom. The summed E-state index contributed by atoms with van der Waals surface area (Å²) >= 11 is 0. The number of ether oxygens (including phenoxy) is 1. The van der Waals surface area contributed by atoms with Crippen LogP contribution >= 0.6 is 0 Å². The molecule has 5 rings (SSSR count). The monoisotopic (exact) mass is 561 g/mol. The maximum absolute atomic E-state index is 13.4. The molecule has 11 nitrogen and oxygen atoms in total. The van der Waals surface area contributed by atoms with E-state index in [9.17, 15) is 14.4 Å². The van der Waals surface area contributed by atoms with E-state index in [1.165, 1.54) is 6.92 Å². The normalized spacial score (nSPS) is 16.8. The molecule has 1 saturated carbocycles. The molecule has 0 unspecified atom stereocenters. The van der Waals surface area contributed by atoms with Crippen LogP contribution in [0.3, 0.4) is 0 Å². The molecule has 11 heteroatoms. The van der Waals surface area contributed by atoms with E-state index in [4.69, 9.17) is 9.72 Å². The molecule has 0 bridgehead atoms. The summed E-state index contributed by atoms with van der Waals surface area (Å²) in [6.07, 6.45) is 7.12. The van der Waals surface area contributed by atoms with Crippen molar-refractivity contribution in [3.05, 3.63) is 51.6 Å². The highest BCUT2D eigenvalue weighted by Crippen LogP contribution is 2.32. The van der Waals surface area contributed by atoms with Crippen molar-refractivity contribution < 1.29 is 14.3 Å². The first-order valence-corrected chi connectivity index (χ1v) is 14.3. The molecule has 0 atom stereocenters. The average Bonchev–Trinajstić information content (AvgIpc) is 3.43. The maximum Gasteiger partial charge on any atom is 0.410 e. The summed E-state index contributed by atoms with van der Waals surface area (Å²) in [5, 5.41) is 3.88. The Morgan fingerprint density at radius 1 is 1.05 bits per heavy atom. The molecule has 2 fully saturated rings. The van der Waals surface area contributed by atoms with Crippen LogP contribution in [0.1, 0.15) is 80.9 Å². The number of Topliss-reactive ketones (excluding diaryl/α,β-unsaturated/α-hetero) is 1. The van der Waals surface area contributed by atoms with Gasteiger partial charge < -0.3 is 15.0 Å². The van der Waals surface area contributed by atoms with Gasteiger partial charge in [0, 0.05) is 56.5 Å². The Kier molecular flexibility index (Phi) is 8.08. The number of rotatable bonds is 6. The third-order valence-electron chi connectivity index (χ3n) is 7.75. The smallest absolute Gasteiger partial charge is 0.410 e. The molecular weight excluding hydrogens is 522 g/mol. The number of piperazine rings is 1. The third-order valence-corrected chi connectivity index (χ3v) is 7.75. The Morgan fingerprint density at radius 2 is 1.76 bits per heavy atom. The van der Waals surface area contributed by atoms with Gasteiger partial charge in [-0.3, -0.25) is 19.1 Å². The van der Waals surface area contributed by atoms with Gasteiger partial charge in [0.1, 0.15) is 17.1 Å². The molecule has 0 spiro atoms. The van der Waals surface area contributed by atoms with Gasteiger partial charge in [-0.25, -0.2) is 14.8 Å². The van der Waals surface area contributed by atoms with Gasteiger partial charge in [-0.15, -0.1) is 0 Å². The Bertz CT molecular complexity index is 1500. The first kappa shape index (κ1) is 28.7. The molecule has 0 aromatic carbocycles. The van der Waals surface area contributed by atoms with E-state index in [0.29, 0.717) is 41.5 Å². The number of hydrogen-bond acceptors (Lipinski definition) is 9. The van der Waals surface area contributed by atoms with Gasteiger partial charge in [-0.1, -0.05) is 18.9 Å². The standard InChI is InChI=1S/C30H39N7O4/c1-19-23-17-32-28(34-26(23)37(22-8-6-7-9-22)27(39)25(19)20(2)38)33-24-11-10-21(16-31-24)18-35-12-14-36(15-13-35)29(40)41-30(3,4)5/h10-11,16-17,22H,6-9,12-15,18H2,1-5H3,(H,31,32,33,34). The minimum absolute atomic E-state index is 0.0230. The Hall–Kier alpha value is -3.86. The molecule has 218 valence electrons. The van der Waals surface area contributed by atoms with E-state index in [-0.39, 0.29) is 29.0 Å². The summed E-state index contributed by atoms with van der Waals surface area (Å²) in [5.74, 6) is 0.699. The predicted molar refractivity (Wildman–Crippen MR) is 157 cm³/mol. The van der Waals surface area contributed by atoms with Crippen molar-refractivity contribution in [3.8, 4) is 0 Å². The first-order valence-electron chi connectivity index (χ1n) is 14.3. The number of carbonyl (C=O) groups excluding carboxylic acids is 2. The van der Waals surface area contributed by atoms with Crippen LogP contribution in [0.5, 0.6) is 0 Å². The molecule has 1 aliphatic heterocycles.